The van der Waals surface area contributed by atoms with Crippen LogP contribution in [0.5, 0.6) is 0 Å². The minimum absolute atomic E-state index is 0.0525. The highest BCUT2D eigenvalue weighted by Gasteiger charge is 2.32. The van der Waals surface area contributed by atoms with E-state index in [4.69, 9.17) is 10.2 Å². The zero-order valence-electron chi connectivity index (χ0n) is 5.44. The van der Waals surface area contributed by atoms with E-state index in [1.165, 1.54) is 0 Å². The van der Waals surface area contributed by atoms with Crippen LogP contribution >= 0.6 is 0 Å². The maximum absolute atomic E-state index is 10.3. The molecule has 0 fully saturated rings. The maximum atomic E-state index is 10.3. The highest BCUT2D eigenvalue weighted by molar-refractivity contribution is 6.40. The highest BCUT2D eigenvalue weighted by atomic mass is 16.4. The lowest BCUT2D eigenvalue weighted by Crippen LogP contribution is -2.29. The van der Waals surface area contributed by atoms with Crippen molar-refractivity contribution in [3.8, 4) is 0 Å². The van der Waals surface area contributed by atoms with Crippen molar-refractivity contribution in [2.45, 2.75) is 0 Å². The van der Waals surface area contributed by atoms with Gasteiger partial charge in [0.25, 0.3) is 0 Å². The summed E-state index contributed by atoms with van der Waals surface area (Å²) in [6, 6.07) is 0. The molecule has 1 unspecified atom stereocenters. The molecule has 3 N–H and O–H groups in total. The van der Waals surface area contributed by atoms with Gasteiger partial charge in [-0.05, 0) is 0 Å². The van der Waals surface area contributed by atoms with Crippen LogP contribution in [0.25, 0.3) is 0 Å². The van der Waals surface area contributed by atoms with Crippen molar-refractivity contribution in [1.29, 1.82) is 0 Å². The van der Waals surface area contributed by atoms with Crippen molar-refractivity contribution in [3.63, 3.8) is 0 Å². The van der Waals surface area contributed by atoms with Gasteiger partial charge in [-0.1, -0.05) is 0 Å². The monoisotopic (exact) mass is 158 g/mol. The lowest BCUT2D eigenvalue weighted by molar-refractivity contribution is -0.140. The van der Waals surface area contributed by atoms with E-state index in [1.807, 2.05) is 0 Å². The van der Waals surface area contributed by atoms with Gasteiger partial charge in [-0.2, -0.15) is 5.10 Å². The van der Waals surface area contributed by atoms with Gasteiger partial charge in [0.15, 0.2) is 5.71 Å². The van der Waals surface area contributed by atoms with Crippen molar-refractivity contribution in [2.75, 3.05) is 6.54 Å². The molecule has 1 rings (SSSR count). The van der Waals surface area contributed by atoms with E-state index in [2.05, 4.69) is 10.5 Å². The van der Waals surface area contributed by atoms with Crippen LogP contribution < -0.4 is 5.43 Å². The molecule has 1 aliphatic heterocycles. The molecule has 0 bridgehead atoms. The number of nitrogens with zero attached hydrogens (tertiary/aromatic N) is 1. The Labute approximate surface area is 61.5 Å². The fourth-order valence-electron chi connectivity index (χ4n) is 0.798. The summed E-state index contributed by atoms with van der Waals surface area (Å²) < 4.78 is 0. The number of hydrogen-bond donors (Lipinski definition) is 3. The van der Waals surface area contributed by atoms with Crippen LogP contribution in [0, 0.1) is 5.92 Å². The number of rotatable bonds is 2. The number of carboxylic acids is 2. The van der Waals surface area contributed by atoms with Gasteiger partial charge in [0.2, 0.25) is 0 Å². The zero-order chi connectivity index (χ0) is 8.43. The Balaban J connectivity index is 2.79. The average Bonchev–Trinajstić information content (AvgIpc) is 2.32. The molecule has 0 aromatic carbocycles. The van der Waals surface area contributed by atoms with Crippen molar-refractivity contribution in [3.05, 3.63) is 0 Å². The van der Waals surface area contributed by atoms with Gasteiger partial charge in [0.1, 0.15) is 5.92 Å². The lowest BCUT2D eigenvalue weighted by Gasteiger charge is -1.99. The van der Waals surface area contributed by atoms with Gasteiger partial charge in [-0.25, -0.2) is 4.79 Å². The number of hydrazone groups is 1. The summed E-state index contributed by atoms with van der Waals surface area (Å²) in [4.78, 5) is 20.6. The number of nitrogens with one attached hydrogen (secondary N) is 1. The highest BCUT2D eigenvalue weighted by Crippen LogP contribution is 2.05. The third-order valence-electron chi connectivity index (χ3n) is 1.34. The second-order valence-electron chi connectivity index (χ2n) is 2.06. The fourth-order valence-corrected chi connectivity index (χ4v) is 0.798. The van der Waals surface area contributed by atoms with Crippen LogP contribution in [0.1, 0.15) is 0 Å². The van der Waals surface area contributed by atoms with Gasteiger partial charge in [-0.15, -0.1) is 0 Å². The minimum Gasteiger partial charge on any atom is -0.481 e. The number of carboxylic acid groups (broad SMARTS) is 2. The minimum atomic E-state index is -1.29. The summed E-state index contributed by atoms with van der Waals surface area (Å²) in [5.74, 6) is -3.48. The predicted molar refractivity (Wildman–Crippen MR) is 34.2 cm³/mol. The quantitative estimate of drug-likeness (QED) is 0.465. The Morgan fingerprint density at radius 1 is 1.55 bits per heavy atom. The van der Waals surface area contributed by atoms with Gasteiger partial charge in [-0.3, -0.25) is 4.79 Å². The van der Waals surface area contributed by atoms with E-state index in [0.29, 0.717) is 0 Å². The van der Waals surface area contributed by atoms with E-state index < -0.39 is 17.9 Å². The Hall–Kier alpha value is -1.59. The van der Waals surface area contributed by atoms with Gasteiger partial charge >= 0.3 is 11.9 Å². The van der Waals surface area contributed by atoms with E-state index in [1.54, 1.807) is 0 Å². The number of carbonyl (C=O) groups is 2. The average molecular weight is 158 g/mol. The number of aliphatic carboxylic acids is 2. The summed E-state index contributed by atoms with van der Waals surface area (Å²) in [5.41, 5.74) is 1.98. The topological polar surface area (TPSA) is 99.0 Å². The van der Waals surface area contributed by atoms with Gasteiger partial charge < -0.3 is 15.6 Å². The van der Waals surface area contributed by atoms with Gasteiger partial charge in [0.05, 0.1) is 6.54 Å². The summed E-state index contributed by atoms with van der Waals surface area (Å²) in [7, 11) is 0. The Kier molecular flexibility index (Phi) is 1.75. The fraction of sp³-hybridized carbons (Fsp3) is 0.400. The first-order valence-corrected chi connectivity index (χ1v) is 2.89. The molecule has 6 heteroatoms. The molecule has 0 amide bonds. The SMILES string of the molecule is O=C(O)C1=NNCC1C(=O)O. The number of hydrogen-bond acceptors (Lipinski definition) is 4. The van der Waals surface area contributed by atoms with Crippen LogP contribution in [-0.2, 0) is 9.59 Å². The second-order valence-corrected chi connectivity index (χ2v) is 2.06. The summed E-state index contributed by atoms with van der Waals surface area (Å²) >= 11 is 0. The first kappa shape index (κ1) is 7.52. The summed E-state index contributed by atoms with van der Waals surface area (Å²) in [5, 5.41) is 20.2. The Bertz CT molecular complexity index is 235. The first-order chi connectivity index (χ1) is 5.13. The Morgan fingerprint density at radius 3 is 2.55 bits per heavy atom. The van der Waals surface area contributed by atoms with E-state index in [9.17, 15) is 9.59 Å². The van der Waals surface area contributed by atoms with E-state index >= 15 is 0 Å². The second kappa shape index (κ2) is 2.57. The molecule has 60 valence electrons. The molecule has 0 saturated carbocycles. The molecule has 0 aliphatic carbocycles. The van der Waals surface area contributed by atoms with Crippen molar-refractivity contribution in [2.24, 2.45) is 11.0 Å². The predicted octanol–water partition coefficient (Wildman–Crippen LogP) is -1.27. The molecule has 1 heterocycles. The largest absolute Gasteiger partial charge is 0.481 e. The zero-order valence-corrected chi connectivity index (χ0v) is 5.44. The van der Waals surface area contributed by atoms with Crippen molar-refractivity contribution < 1.29 is 19.8 Å². The molecule has 0 radical (unpaired) electrons. The van der Waals surface area contributed by atoms with Gasteiger partial charge in [0, 0.05) is 0 Å². The van der Waals surface area contributed by atoms with E-state index in [-0.39, 0.29) is 12.3 Å². The van der Waals surface area contributed by atoms with Crippen LogP contribution in [-0.4, -0.2) is 34.4 Å². The first-order valence-electron chi connectivity index (χ1n) is 2.89. The third kappa shape index (κ3) is 1.28. The van der Waals surface area contributed by atoms with E-state index in [0.717, 1.165) is 0 Å². The molecule has 0 spiro atoms. The smallest absolute Gasteiger partial charge is 0.353 e. The molecular weight excluding hydrogens is 152 g/mol. The molecule has 0 aromatic heterocycles. The lowest BCUT2D eigenvalue weighted by atomic mass is 10.1. The Morgan fingerprint density at radius 2 is 2.18 bits per heavy atom. The molecule has 1 aliphatic rings. The summed E-state index contributed by atoms with van der Waals surface area (Å²) in [6.45, 7) is 0.0525. The van der Waals surface area contributed by atoms with Crippen LogP contribution in [0.2, 0.25) is 0 Å². The van der Waals surface area contributed by atoms with Crippen LogP contribution in [0.15, 0.2) is 5.10 Å². The molecule has 1 atom stereocenters. The molecule has 11 heavy (non-hydrogen) atoms. The molecule has 0 aromatic rings. The van der Waals surface area contributed by atoms with Crippen LogP contribution in [0.4, 0.5) is 0 Å². The molecule has 6 nitrogen and oxygen atoms in total. The standard InChI is InChI=1S/C5H6N2O4/c8-4(9)2-1-6-7-3(2)5(10)11/h2,6H,1H2,(H,8,9)(H,10,11). The molecule has 0 saturated heterocycles. The van der Waals surface area contributed by atoms with Crippen LogP contribution in [0.3, 0.4) is 0 Å². The van der Waals surface area contributed by atoms with Crippen molar-refractivity contribution >= 4 is 17.7 Å². The maximum Gasteiger partial charge on any atom is 0.353 e. The molecular formula is C5H6N2O4. The third-order valence-corrected chi connectivity index (χ3v) is 1.34. The van der Waals surface area contributed by atoms with Crippen molar-refractivity contribution in [1.82, 2.24) is 5.43 Å². The normalized spacial score (nSPS) is 22.2. The summed E-state index contributed by atoms with van der Waals surface area (Å²) in [6.07, 6.45) is 0.